The zero-order chi connectivity index (χ0) is 19.4. The van der Waals surface area contributed by atoms with E-state index in [9.17, 15) is 27.2 Å². The van der Waals surface area contributed by atoms with E-state index >= 15 is 0 Å². The molecule has 1 heterocycles. The molecule has 1 aliphatic heterocycles. The van der Waals surface area contributed by atoms with E-state index in [1.165, 1.54) is 18.2 Å². The maximum atomic E-state index is 13.9. The van der Waals surface area contributed by atoms with Crippen molar-refractivity contribution in [1.82, 2.24) is 9.80 Å². The molecule has 1 saturated heterocycles. The summed E-state index contributed by atoms with van der Waals surface area (Å²) in [5.41, 5.74) is -0.528. The van der Waals surface area contributed by atoms with Gasteiger partial charge in [-0.25, -0.2) is 4.39 Å². The molecule has 0 aromatic heterocycles. The number of piperidine rings is 1. The van der Waals surface area contributed by atoms with E-state index in [1.807, 2.05) is 0 Å². The number of carbonyl (C=O) groups is 2. The zero-order valence-electron chi connectivity index (χ0n) is 14.6. The molecule has 0 bridgehead atoms. The second-order valence-electron chi connectivity index (χ2n) is 7.81. The fourth-order valence-electron chi connectivity index (χ4n) is 4.10. The SMILES string of the molecule is O=C(c1ccccc1F)N(CC(F)(F)F)C1CCN(C(=O)C23CC2C3)CC1. The summed E-state index contributed by atoms with van der Waals surface area (Å²) in [5.74, 6) is -1.19. The molecule has 3 fully saturated rings. The second kappa shape index (κ2) is 6.21. The number of carbonyl (C=O) groups excluding carboxylic acids is 2. The third-order valence-corrected chi connectivity index (χ3v) is 6.02. The van der Waals surface area contributed by atoms with Crippen LogP contribution < -0.4 is 0 Å². The molecule has 4 nitrogen and oxygen atoms in total. The molecular formula is C19H20F4N2O2. The molecule has 8 heteroatoms. The van der Waals surface area contributed by atoms with E-state index in [0.29, 0.717) is 19.0 Å². The van der Waals surface area contributed by atoms with Gasteiger partial charge in [-0.05, 0) is 43.7 Å². The summed E-state index contributed by atoms with van der Waals surface area (Å²) in [5, 5.41) is 0. The number of hydrogen-bond donors (Lipinski definition) is 0. The van der Waals surface area contributed by atoms with E-state index in [1.54, 1.807) is 4.90 Å². The van der Waals surface area contributed by atoms with Crippen LogP contribution in [0, 0.1) is 17.2 Å². The predicted molar refractivity (Wildman–Crippen MR) is 88.3 cm³/mol. The Hall–Kier alpha value is -2.12. The average molecular weight is 384 g/mol. The van der Waals surface area contributed by atoms with E-state index < -0.39 is 30.5 Å². The highest BCUT2D eigenvalue weighted by Gasteiger charge is 2.75. The molecule has 146 valence electrons. The Morgan fingerprint density at radius 1 is 1.15 bits per heavy atom. The highest BCUT2D eigenvalue weighted by Crippen LogP contribution is 2.76. The highest BCUT2D eigenvalue weighted by atomic mass is 19.4. The third kappa shape index (κ3) is 3.41. The molecule has 0 spiro atoms. The largest absolute Gasteiger partial charge is 0.406 e. The first-order valence-electron chi connectivity index (χ1n) is 9.13. The summed E-state index contributed by atoms with van der Waals surface area (Å²) < 4.78 is 53.1. The minimum atomic E-state index is -4.58. The van der Waals surface area contributed by atoms with Gasteiger partial charge in [-0.3, -0.25) is 9.59 Å². The van der Waals surface area contributed by atoms with Crippen LogP contribution in [-0.2, 0) is 4.79 Å². The van der Waals surface area contributed by atoms with Crippen LogP contribution in [0.15, 0.2) is 24.3 Å². The fourth-order valence-corrected chi connectivity index (χ4v) is 4.10. The average Bonchev–Trinajstić information content (AvgIpc) is 3.49. The molecule has 2 saturated carbocycles. The molecule has 1 aromatic rings. The number of rotatable bonds is 4. The summed E-state index contributed by atoms with van der Waals surface area (Å²) in [6, 6.07) is 4.38. The molecule has 0 radical (unpaired) electrons. The number of halogens is 4. The Labute approximate surface area is 154 Å². The smallest absolute Gasteiger partial charge is 0.342 e. The van der Waals surface area contributed by atoms with Crippen molar-refractivity contribution in [3.63, 3.8) is 0 Å². The first-order valence-corrected chi connectivity index (χ1v) is 9.13. The highest BCUT2D eigenvalue weighted by molar-refractivity contribution is 5.95. The third-order valence-electron chi connectivity index (χ3n) is 6.02. The summed E-state index contributed by atoms with van der Waals surface area (Å²) in [7, 11) is 0. The van der Waals surface area contributed by atoms with Gasteiger partial charge in [0, 0.05) is 19.1 Å². The molecule has 0 N–H and O–H groups in total. The van der Waals surface area contributed by atoms with E-state index in [0.717, 1.165) is 23.8 Å². The van der Waals surface area contributed by atoms with Crippen molar-refractivity contribution in [1.29, 1.82) is 0 Å². The normalized spacial score (nSPS) is 27.1. The van der Waals surface area contributed by atoms with Gasteiger partial charge in [0.1, 0.15) is 12.4 Å². The second-order valence-corrected chi connectivity index (χ2v) is 7.81. The molecule has 27 heavy (non-hydrogen) atoms. The summed E-state index contributed by atoms with van der Waals surface area (Å²) in [6.45, 7) is -0.765. The number of benzene rings is 1. The molecule has 2 amide bonds. The van der Waals surface area contributed by atoms with Crippen molar-refractivity contribution in [2.24, 2.45) is 11.3 Å². The van der Waals surface area contributed by atoms with Gasteiger partial charge in [-0.15, -0.1) is 0 Å². The van der Waals surface area contributed by atoms with Crippen LogP contribution >= 0.6 is 0 Å². The topological polar surface area (TPSA) is 40.6 Å². The van der Waals surface area contributed by atoms with Gasteiger partial charge >= 0.3 is 6.18 Å². The first-order chi connectivity index (χ1) is 12.7. The molecular weight excluding hydrogens is 364 g/mol. The zero-order valence-corrected chi connectivity index (χ0v) is 14.6. The van der Waals surface area contributed by atoms with Crippen LogP contribution in [0.25, 0.3) is 0 Å². The number of nitrogens with zero attached hydrogens (tertiary/aromatic N) is 2. The summed E-state index contributed by atoms with van der Waals surface area (Å²) in [4.78, 5) is 27.5. The van der Waals surface area contributed by atoms with Crippen LogP contribution in [0.4, 0.5) is 17.6 Å². The molecule has 1 aromatic carbocycles. The Morgan fingerprint density at radius 2 is 1.74 bits per heavy atom. The fraction of sp³-hybridized carbons (Fsp3) is 0.579. The molecule has 2 aliphatic carbocycles. The van der Waals surface area contributed by atoms with Gasteiger partial charge in [-0.2, -0.15) is 13.2 Å². The lowest BCUT2D eigenvalue weighted by atomic mass is 10.00. The monoisotopic (exact) mass is 384 g/mol. The maximum Gasteiger partial charge on any atom is 0.406 e. The number of amides is 2. The Kier molecular flexibility index (Phi) is 4.20. The molecule has 4 rings (SSSR count). The van der Waals surface area contributed by atoms with Gasteiger partial charge in [0.15, 0.2) is 0 Å². The van der Waals surface area contributed by atoms with Crippen LogP contribution in [-0.4, -0.2) is 53.5 Å². The Bertz CT molecular complexity index is 765. The molecule has 3 aliphatic rings. The molecule has 0 unspecified atom stereocenters. The lowest BCUT2D eigenvalue weighted by Crippen LogP contribution is -2.52. The Balaban J connectivity index is 1.47. The van der Waals surface area contributed by atoms with Crippen molar-refractivity contribution in [2.75, 3.05) is 19.6 Å². The van der Waals surface area contributed by atoms with Crippen molar-refractivity contribution >= 4 is 11.8 Å². The minimum absolute atomic E-state index is 0.105. The maximum absolute atomic E-state index is 13.9. The summed E-state index contributed by atoms with van der Waals surface area (Å²) >= 11 is 0. The van der Waals surface area contributed by atoms with E-state index in [2.05, 4.69) is 0 Å². The Morgan fingerprint density at radius 3 is 2.26 bits per heavy atom. The van der Waals surface area contributed by atoms with Gasteiger partial charge in [-0.1, -0.05) is 12.1 Å². The van der Waals surface area contributed by atoms with Crippen LogP contribution in [0.1, 0.15) is 36.0 Å². The lowest BCUT2D eigenvalue weighted by molar-refractivity contribution is -0.148. The minimum Gasteiger partial charge on any atom is -0.342 e. The standard InChI is InChI=1S/C19H20F4N2O2/c20-15-4-2-1-3-14(15)16(26)25(11-19(21,22)23)13-5-7-24(8-6-13)17(27)18-9-12(18)10-18/h1-4,12-13H,5-11H2. The first kappa shape index (κ1) is 18.3. The van der Waals surface area contributed by atoms with Crippen molar-refractivity contribution in [2.45, 2.75) is 37.9 Å². The number of likely N-dealkylation sites (tertiary alicyclic amines) is 1. The van der Waals surface area contributed by atoms with Gasteiger partial charge in [0.25, 0.3) is 5.91 Å². The predicted octanol–water partition coefficient (Wildman–Crippen LogP) is 3.23. The summed E-state index contributed by atoms with van der Waals surface area (Å²) in [6.07, 6.45) is -2.19. The number of hydrogen-bond acceptors (Lipinski definition) is 2. The van der Waals surface area contributed by atoms with Gasteiger partial charge in [0.05, 0.1) is 11.0 Å². The number of alkyl halides is 3. The van der Waals surface area contributed by atoms with Gasteiger partial charge < -0.3 is 9.80 Å². The molecule has 0 atom stereocenters. The van der Waals surface area contributed by atoms with Crippen LogP contribution in [0.3, 0.4) is 0 Å². The number of fused-ring (bicyclic) bond motifs is 1. The lowest BCUT2D eigenvalue weighted by Gasteiger charge is -2.39. The quantitative estimate of drug-likeness (QED) is 0.748. The van der Waals surface area contributed by atoms with Crippen molar-refractivity contribution in [3.05, 3.63) is 35.6 Å². The van der Waals surface area contributed by atoms with E-state index in [-0.39, 0.29) is 29.7 Å². The van der Waals surface area contributed by atoms with Crippen molar-refractivity contribution in [3.8, 4) is 0 Å². The van der Waals surface area contributed by atoms with E-state index in [4.69, 9.17) is 0 Å². The van der Waals surface area contributed by atoms with Crippen LogP contribution in [0.2, 0.25) is 0 Å². The van der Waals surface area contributed by atoms with Gasteiger partial charge in [0.2, 0.25) is 5.91 Å². The van der Waals surface area contributed by atoms with Crippen molar-refractivity contribution < 1.29 is 27.2 Å². The van der Waals surface area contributed by atoms with Crippen LogP contribution in [0.5, 0.6) is 0 Å².